The first kappa shape index (κ1) is 19.0. The average molecular weight is 383 g/mol. The van der Waals surface area contributed by atoms with Crippen molar-refractivity contribution >= 4 is 22.7 Å². The van der Waals surface area contributed by atoms with Gasteiger partial charge in [-0.2, -0.15) is 0 Å². The molecule has 2 aliphatic heterocycles. The quantitative estimate of drug-likeness (QED) is 0.807. The number of benzene rings is 1. The number of β-lactam (4-membered cyclic amide) rings is 1. The first-order valence-corrected chi connectivity index (χ1v) is 10.2. The number of fused-ring (bicyclic) bond motifs is 1. The van der Waals surface area contributed by atoms with Gasteiger partial charge in [0.25, 0.3) is 5.91 Å². The van der Waals surface area contributed by atoms with E-state index in [2.05, 4.69) is 24.9 Å². The maximum absolute atomic E-state index is 12.8. The van der Waals surface area contributed by atoms with Gasteiger partial charge in [0.2, 0.25) is 5.91 Å². The zero-order valence-electron chi connectivity index (χ0n) is 16.9. The summed E-state index contributed by atoms with van der Waals surface area (Å²) in [4.78, 5) is 32.3. The van der Waals surface area contributed by atoms with E-state index in [-0.39, 0.29) is 30.0 Å². The molecule has 1 aromatic carbocycles. The molecule has 28 heavy (non-hydrogen) atoms. The van der Waals surface area contributed by atoms with Crippen LogP contribution in [0.3, 0.4) is 0 Å². The van der Waals surface area contributed by atoms with E-state index >= 15 is 0 Å². The Kier molecular flexibility index (Phi) is 5.15. The third-order valence-electron chi connectivity index (χ3n) is 6.33. The van der Waals surface area contributed by atoms with Crippen LogP contribution in [0.15, 0.2) is 30.5 Å². The van der Waals surface area contributed by atoms with E-state index in [4.69, 9.17) is 4.74 Å². The van der Waals surface area contributed by atoms with Crippen LogP contribution >= 0.6 is 0 Å². The number of H-pyrrole nitrogens is 1. The highest BCUT2D eigenvalue weighted by atomic mass is 16.5. The Balaban J connectivity index is 1.37. The van der Waals surface area contributed by atoms with Crippen molar-refractivity contribution in [3.05, 3.63) is 36.0 Å². The summed E-state index contributed by atoms with van der Waals surface area (Å²) in [5.74, 6) is 0.666. The number of amides is 2. The molecule has 0 unspecified atom stereocenters. The van der Waals surface area contributed by atoms with E-state index in [0.717, 1.165) is 42.4 Å². The molecule has 4 rings (SSSR count). The predicted octanol–water partition coefficient (Wildman–Crippen LogP) is 2.58. The van der Waals surface area contributed by atoms with E-state index in [1.165, 1.54) is 0 Å². The van der Waals surface area contributed by atoms with Crippen LogP contribution in [0.1, 0.15) is 32.3 Å². The molecular weight excluding hydrogens is 354 g/mol. The Labute approximate surface area is 165 Å². The Bertz CT molecular complexity index is 867. The number of hydrogen-bond acceptors (Lipinski definition) is 3. The summed E-state index contributed by atoms with van der Waals surface area (Å²) in [5.41, 5.74) is 2.12. The lowest BCUT2D eigenvalue weighted by atomic mass is 9.79. The summed E-state index contributed by atoms with van der Waals surface area (Å²) in [6.45, 7) is 5.60. The smallest absolute Gasteiger partial charge is 0.254 e. The van der Waals surface area contributed by atoms with Crippen LogP contribution in [-0.2, 0) is 20.7 Å². The molecule has 0 radical (unpaired) electrons. The second kappa shape index (κ2) is 7.59. The number of nitrogens with one attached hydrogen (secondary N) is 1. The summed E-state index contributed by atoms with van der Waals surface area (Å²) in [6.07, 6.45) is 3.89. The number of ether oxygens (including phenoxy) is 1. The largest absolute Gasteiger partial charge is 0.369 e. The van der Waals surface area contributed by atoms with E-state index < -0.39 is 0 Å². The number of piperidine rings is 1. The van der Waals surface area contributed by atoms with Crippen LogP contribution in [-0.4, -0.2) is 65.0 Å². The van der Waals surface area contributed by atoms with Gasteiger partial charge in [-0.1, -0.05) is 18.2 Å². The third kappa shape index (κ3) is 3.20. The zero-order valence-corrected chi connectivity index (χ0v) is 16.9. The SMILES string of the molecule is CO[C@H]1C(=O)N(C(C)C)[C@H]1C1CCN(C(=O)Cc2c[nH]c3ccccc23)CC1. The Morgan fingerprint density at radius 2 is 1.96 bits per heavy atom. The van der Waals surface area contributed by atoms with Crippen LogP contribution in [0.25, 0.3) is 10.9 Å². The number of likely N-dealkylation sites (tertiary alicyclic amines) is 2. The molecule has 2 atom stereocenters. The fourth-order valence-electron chi connectivity index (χ4n) is 4.86. The van der Waals surface area contributed by atoms with Crippen molar-refractivity contribution in [1.29, 1.82) is 0 Å². The minimum Gasteiger partial charge on any atom is -0.369 e. The van der Waals surface area contributed by atoms with Gasteiger partial charge in [0.1, 0.15) is 0 Å². The van der Waals surface area contributed by atoms with Gasteiger partial charge in [0, 0.05) is 43.3 Å². The lowest BCUT2D eigenvalue weighted by Crippen LogP contribution is -2.70. The number of aromatic nitrogens is 1. The summed E-state index contributed by atoms with van der Waals surface area (Å²) in [5, 5.41) is 1.12. The van der Waals surface area contributed by atoms with E-state index in [1.807, 2.05) is 34.2 Å². The maximum Gasteiger partial charge on any atom is 0.254 e. The molecule has 6 nitrogen and oxygen atoms in total. The lowest BCUT2D eigenvalue weighted by Gasteiger charge is -2.53. The Morgan fingerprint density at radius 1 is 1.25 bits per heavy atom. The molecule has 1 N–H and O–H groups in total. The molecule has 1 aromatic heterocycles. The first-order chi connectivity index (χ1) is 13.5. The molecule has 2 aliphatic rings. The third-order valence-corrected chi connectivity index (χ3v) is 6.33. The molecule has 2 fully saturated rings. The second-order valence-corrected chi connectivity index (χ2v) is 8.24. The molecule has 2 amide bonds. The highest BCUT2D eigenvalue weighted by molar-refractivity contribution is 5.89. The van der Waals surface area contributed by atoms with E-state index in [9.17, 15) is 9.59 Å². The highest BCUT2D eigenvalue weighted by Gasteiger charge is 2.52. The monoisotopic (exact) mass is 383 g/mol. The number of rotatable bonds is 5. The number of hydrogen-bond donors (Lipinski definition) is 1. The number of aromatic amines is 1. The molecule has 0 saturated carbocycles. The van der Waals surface area contributed by atoms with Gasteiger partial charge >= 0.3 is 0 Å². The van der Waals surface area contributed by atoms with Crippen molar-refractivity contribution in [2.45, 2.75) is 51.3 Å². The van der Waals surface area contributed by atoms with Gasteiger partial charge in [0.05, 0.1) is 12.5 Å². The minimum absolute atomic E-state index is 0.0975. The molecule has 0 aliphatic carbocycles. The van der Waals surface area contributed by atoms with Gasteiger partial charge in [-0.05, 0) is 44.2 Å². The van der Waals surface area contributed by atoms with Crippen LogP contribution < -0.4 is 0 Å². The molecule has 150 valence electrons. The van der Waals surface area contributed by atoms with Gasteiger partial charge in [-0.3, -0.25) is 9.59 Å². The Hall–Kier alpha value is -2.34. The molecule has 2 aromatic rings. The topological polar surface area (TPSA) is 65.6 Å². The fourth-order valence-corrected chi connectivity index (χ4v) is 4.86. The van der Waals surface area contributed by atoms with Gasteiger partial charge < -0.3 is 19.5 Å². The molecule has 0 spiro atoms. The van der Waals surface area contributed by atoms with Gasteiger partial charge in [-0.25, -0.2) is 0 Å². The first-order valence-electron chi connectivity index (χ1n) is 10.2. The molecule has 3 heterocycles. The van der Waals surface area contributed by atoms with Crippen molar-refractivity contribution in [3.63, 3.8) is 0 Å². The summed E-state index contributed by atoms with van der Waals surface area (Å²) in [7, 11) is 1.62. The predicted molar refractivity (Wildman–Crippen MR) is 108 cm³/mol. The standard InChI is InChI=1S/C22H29N3O3/c1-14(2)25-20(21(28-3)22(25)27)15-8-10-24(11-9-15)19(26)12-16-13-23-18-7-5-4-6-17(16)18/h4-7,13-15,20-21,23H,8-12H2,1-3H3/t20-,21+/m0/s1. The summed E-state index contributed by atoms with van der Waals surface area (Å²) >= 11 is 0. The lowest BCUT2D eigenvalue weighted by molar-refractivity contribution is -0.182. The number of nitrogens with zero attached hydrogens (tertiary/aromatic N) is 2. The van der Waals surface area contributed by atoms with E-state index in [0.29, 0.717) is 12.3 Å². The minimum atomic E-state index is -0.319. The summed E-state index contributed by atoms with van der Waals surface area (Å²) < 4.78 is 5.45. The van der Waals surface area contributed by atoms with Crippen molar-refractivity contribution in [1.82, 2.24) is 14.8 Å². The summed E-state index contributed by atoms with van der Waals surface area (Å²) in [6, 6.07) is 8.41. The normalized spacial score (nSPS) is 23.5. The van der Waals surface area contributed by atoms with Crippen LogP contribution in [0.2, 0.25) is 0 Å². The van der Waals surface area contributed by atoms with E-state index in [1.54, 1.807) is 7.11 Å². The van der Waals surface area contributed by atoms with Crippen LogP contribution in [0, 0.1) is 5.92 Å². The number of methoxy groups -OCH3 is 1. The number of carbonyl (C=O) groups excluding carboxylic acids is 2. The molecule has 6 heteroatoms. The van der Waals surface area contributed by atoms with Crippen LogP contribution in [0.4, 0.5) is 0 Å². The number of para-hydroxylation sites is 1. The Morgan fingerprint density at radius 3 is 2.64 bits per heavy atom. The van der Waals surface area contributed by atoms with Crippen molar-refractivity contribution in [3.8, 4) is 0 Å². The maximum atomic E-state index is 12.8. The zero-order chi connectivity index (χ0) is 19.8. The van der Waals surface area contributed by atoms with Crippen molar-refractivity contribution in [2.24, 2.45) is 5.92 Å². The van der Waals surface area contributed by atoms with Gasteiger partial charge in [-0.15, -0.1) is 0 Å². The van der Waals surface area contributed by atoms with Gasteiger partial charge in [0.15, 0.2) is 6.10 Å². The fraction of sp³-hybridized carbons (Fsp3) is 0.545. The molecule has 0 bridgehead atoms. The van der Waals surface area contributed by atoms with Crippen molar-refractivity contribution in [2.75, 3.05) is 20.2 Å². The number of carbonyl (C=O) groups is 2. The van der Waals surface area contributed by atoms with Crippen LogP contribution in [0.5, 0.6) is 0 Å². The molecular formula is C22H29N3O3. The average Bonchev–Trinajstić information content (AvgIpc) is 3.09. The molecule has 2 saturated heterocycles. The van der Waals surface area contributed by atoms with Crippen molar-refractivity contribution < 1.29 is 14.3 Å². The highest BCUT2D eigenvalue weighted by Crippen LogP contribution is 2.36. The second-order valence-electron chi connectivity index (χ2n) is 8.24.